The fraction of sp³-hybridized carbons (Fsp3) is 0.500. The average molecular weight is 324 g/mol. The van der Waals surface area contributed by atoms with E-state index >= 15 is 0 Å². The third kappa shape index (κ3) is 7.80. The van der Waals surface area contributed by atoms with Gasteiger partial charge in [0.2, 0.25) is 0 Å². The Labute approximate surface area is 82.7 Å². The molecule has 0 fully saturated rings. The largest absolute Gasteiger partial charge is 0.358 e. The zero-order valence-electron chi connectivity index (χ0n) is 6.80. The minimum Gasteiger partial charge on any atom is -0.358 e. The quantitative estimate of drug-likeness (QED) is 0.469. The number of nitrogens with one attached hydrogen (secondary N) is 1. The van der Waals surface area contributed by atoms with Gasteiger partial charge in [-0.3, -0.25) is 4.79 Å². The molecule has 0 saturated heterocycles. The standard InChI is InChI=1S/C8H14NO.W/c1-4-5-6-9-8(10)7(2)3;/h4,7H,1-2,5-6H2,3H3,(H,9,10);/q-1;. The molecule has 0 aliphatic heterocycles. The van der Waals surface area contributed by atoms with Gasteiger partial charge in [0.1, 0.15) is 0 Å². The summed E-state index contributed by atoms with van der Waals surface area (Å²) < 4.78 is 0. The third-order valence-corrected chi connectivity index (χ3v) is 1.10. The molecule has 0 aromatic rings. The van der Waals surface area contributed by atoms with Crippen molar-refractivity contribution in [3.63, 3.8) is 0 Å². The van der Waals surface area contributed by atoms with Gasteiger partial charge in [-0.25, -0.2) is 0 Å². The van der Waals surface area contributed by atoms with Crippen molar-refractivity contribution in [1.82, 2.24) is 5.32 Å². The average Bonchev–Trinajstić information content (AvgIpc) is 1.88. The summed E-state index contributed by atoms with van der Waals surface area (Å²) >= 11 is 0. The van der Waals surface area contributed by atoms with Gasteiger partial charge < -0.3 is 12.2 Å². The summed E-state index contributed by atoms with van der Waals surface area (Å²) in [5.41, 5.74) is 0. The van der Waals surface area contributed by atoms with Crippen molar-refractivity contribution in [1.29, 1.82) is 0 Å². The number of carbonyl (C=O) groups excluding carboxylic acids is 1. The molecule has 0 aromatic carbocycles. The maximum Gasteiger partial charge on any atom is 0.192 e. The molecule has 2 nitrogen and oxygen atoms in total. The molecule has 0 rings (SSSR count). The van der Waals surface area contributed by atoms with Gasteiger partial charge in [-0.2, -0.15) is 0 Å². The molecule has 1 unspecified atom stereocenters. The summed E-state index contributed by atoms with van der Waals surface area (Å²) in [4.78, 5) is 10.8. The number of amides is 1. The molecule has 3 heteroatoms. The first-order valence-electron chi connectivity index (χ1n) is 3.40. The Morgan fingerprint density at radius 3 is 2.73 bits per heavy atom. The van der Waals surface area contributed by atoms with E-state index in [1.165, 1.54) is 0 Å². The Kier molecular flexibility index (Phi) is 9.81. The van der Waals surface area contributed by atoms with E-state index in [1.54, 1.807) is 13.0 Å². The van der Waals surface area contributed by atoms with Crippen LogP contribution in [0.3, 0.4) is 0 Å². The van der Waals surface area contributed by atoms with Crippen molar-refractivity contribution < 1.29 is 25.9 Å². The monoisotopic (exact) mass is 324 g/mol. The van der Waals surface area contributed by atoms with Crippen molar-refractivity contribution in [2.45, 2.75) is 13.3 Å². The van der Waals surface area contributed by atoms with E-state index in [9.17, 15) is 4.79 Å². The van der Waals surface area contributed by atoms with Crippen LogP contribution in [0.2, 0.25) is 0 Å². The van der Waals surface area contributed by atoms with E-state index in [-0.39, 0.29) is 32.9 Å². The number of hydrogen-bond acceptors (Lipinski definition) is 1. The Hall–Kier alpha value is -0.102. The topological polar surface area (TPSA) is 29.1 Å². The van der Waals surface area contributed by atoms with Crippen LogP contribution < -0.4 is 5.32 Å². The van der Waals surface area contributed by atoms with Gasteiger partial charge >= 0.3 is 0 Å². The van der Waals surface area contributed by atoms with Crippen LogP contribution in [0.15, 0.2) is 12.7 Å². The summed E-state index contributed by atoms with van der Waals surface area (Å²) in [6.45, 7) is 9.55. The van der Waals surface area contributed by atoms with Gasteiger partial charge in [0.25, 0.3) is 0 Å². The van der Waals surface area contributed by atoms with Crippen LogP contribution in [-0.2, 0) is 25.9 Å². The van der Waals surface area contributed by atoms with Gasteiger partial charge in [-0.05, 0) is 6.42 Å². The molecular formula is C8H14NOW-. The zero-order chi connectivity index (χ0) is 7.98. The van der Waals surface area contributed by atoms with E-state index in [1.807, 2.05) is 0 Å². The van der Waals surface area contributed by atoms with Gasteiger partial charge in [0.05, 0.1) is 0 Å². The molecule has 64 valence electrons. The first kappa shape index (κ1) is 13.5. The van der Waals surface area contributed by atoms with Crippen molar-refractivity contribution in [2.24, 2.45) is 5.92 Å². The van der Waals surface area contributed by atoms with Crippen LogP contribution in [0.4, 0.5) is 0 Å². The second-order valence-corrected chi connectivity index (χ2v) is 2.27. The smallest absolute Gasteiger partial charge is 0.192 e. The van der Waals surface area contributed by atoms with Crippen LogP contribution in [0.1, 0.15) is 13.3 Å². The van der Waals surface area contributed by atoms with E-state index < -0.39 is 0 Å². The van der Waals surface area contributed by atoms with Crippen LogP contribution in [0.5, 0.6) is 0 Å². The molecule has 0 aliphatic carbocycles. The van der Waals surface area contributed by atoms with Crippen LogP contribution >= 0.6 is 0 Å². The molecule has 0 spiro atoms. The van der Waals surface area contributed by atoms with E-state index in [2.05, 4.69) is 18.8 Å². The minimum absolute atomic E-state index is 0. The molecule has 1 amide bonds. The maximum absolute atomic E-state index is 10.8. The normalized spacial score (nSPS) is 11.1. The Bertz CT molecular complexity index is 123. The molecule has 0 heterocycles. The molecule has 11 heavy (non-hydrogen) atoms. The summed E-state index contributed by atoms with van der Waals surface area (Å²) in [5, 5.41) is 2.71. The van der Waals surface area contributed by atoms with Crippen LogP contribution in [0.25, 0.3) is 0 Å². The van der Waals surface area contributed by atoms with E-state index in [0.29, 0.717) is 6.54 Å². The van der Waals surface area contributed by atoms with E-state index in [0.717, 1.165) is 6.42 Å². The Morgan fingerprint density at radius 1 is 1.82 bits per heavy atom. The molecule has 0 aliphatic rings. The predicted octanol–water partition coefficient (Wildman–Crippen LogP) is 1.15. The fourth-order valence-electron chi connectivity index (χ4n) is 0.472. The molecule has 0 aromatic heterocycles. The summed E-state index contributed by atoms with van der Waals surface area (Å²) in [6.07, 6.45) is 2.59. The predicted molar refractivity (Wildman–Crippen MR) is 42.3 cm³/mol. The molecule has 0 bridgehead atoms. The Balaban J connectivity index is 0. The second kappa shape index (κ2) is 8.00. The SMILES string of the molecule is C=CCCNC(=O)C([CH2-])C.[W]. The molecule has 0 radical (unpaired) electrons. The van der Waals surface area contributed by atoms with Crippen LogP contribution in [0, 0.1) is 12.8 Å². The second-order valence-electron chi connectivity index (χ2n) is 2.27. The number of rotatable bonds is 4. The van der Waals surface area contributed by atoms with Crippen molar-refractivity contribution >= 4 is 5.91 Å². The summed E-state index contributed by atoms with van der Waals surface area (Å²) in [5.74, 6) is -0.160. The van der Waals surface area contributed by atoms with Gasteiger partial charge in [0.15, 0.2) is 5.91 Å². The van der Waals surface area contributed by atoms with Crippen molar-refractivity contribution in [2.75, 3.05) is 6.54 Å². The van der Waals surface area contributed by atoms with Gasteiger partial charge in [-0.15, -0.1) is 6.58 Å². The van der Waals surface area contributed by atoms with E-state index in [4.69, 9.17) is 0 Å². The van der Waals surface area contributed by atoms with Gasteiger partial charge in [-0.1, -0.05) is 18.9 Å². The molecular weight excluding hydrogens is 310 g/mol. The first-order chi connectivity index (χ1) is 4.68. The molecule has 1 atom stereocenters. The fourth-order valence-corrected chi connectivity index (χ4v) is 0.472. The third-order valence-electron chi connectivity index (χ3n) is 1.10. The first-order valence-corrected chi connectivity index (χ1v) is 3.40. The zero-order valence-corrected chi connectivity index (χ0v) is 9.73. The molecule has 1 N–H and O–H groups in total. The minimum atomic E-state index is -0.162. The maximum atomic E-state index is 10.8. The number of hydrogen-bond donors (Lipinski definition) is 1. The number of carbonyl (C=O) groups is 1. The van der Waals surface area contributed by atoms with Crippen molar-refractivity contribution in [3.05, 3.63) is 19.6 Å². The van der Waals surface area contributed by atoms with Crippen LogP contribution in [-0.4, -0.2) is 12.5 Å². The van der Waals surface area contributed by atoms with Gasteiger partial charge in [0, 0.05) is 27.6 Å². The van der Waals surface area contributed by atoms with Crippen molar-refractivity contribution in [3.8, 4) is 0 Å². The summed E-state index contributed by atoms with van der Waals surface area (Å²) in [6, 6.07) is 0. The summed E-state index contributed by atoms with van der Waals surface area (Å²) in [7, 11) is 0. The Morgan fingerprint density at radius 2 is 2.36 bits per heavy atom. The molecule has 0 saturated carbocycles.